The summed E-state index contributed by atoms with van der Waals surface area (Å²) in [4.78, 5) is 43.2. The Morgan fingerprint density at radius 1 is 1.00 bits per heavy atom. The topological polar surface area (TPSA) is 69.7 Å². The molecule has 2 aromatic rings. The summed E-state index contributed by atoms with van der Waals surface area (Å²) in [6.45, 7) is 3.19. The summed E-state index contributed by atoms with van der Waals surface area (Å²) in [7, 11) is 0. The monoisotopic (exact) mass is 511 g/mol. The third kappa shape index (κ3) is 4.38. The lowest BCUT2D eigenvalue weighted by Crippen LogP contribution is -2.45. The molecule has 2 aliphatic carbocycles. The normalized spacial score (nSPS) is 22.9. The first kappa shape index (κ1) is 23.0. The molecule has 1 saturated carbocycles. The maximum atomic E-state index is 13.5. The Balaban J connectivity index is 1.11. The second kappa shape index (κ2) is 8.93. The molecule has 184 valence electrons. The number of fused-ring (bicyclic) bond motifs is 1. The molecule has 6 nitrogen and oxygen atoms in total. The van der Waals surface area contributed by atoms with Gasteiger partial charge in [0.25, 0.3) is 11.8 Å². The lowest BCUT2D eigenvalue weighted by Gasteiger charge is -2.39. The molecule has 4 aliphatic rings. The van der Waals surface area contributed by atoms with E-state index in [2.05, 4.69) is 5.32 Å². The molecular weight excluding hydrogens is 482 g/mol. The fourth-order valence-electron chi connectivity index (χ4n) is 6.05. The molecule has 3 amide bonds. The molecule has 1 N–H and O–H groups in total. The molecule has 35 heavy (non-hydrogen) atoms. The van der Waals surface area contributed by atoms with E-state index in [1.54, 1.807) is 6.07 Å². The van der Waals surface area contributed by atoms with Crippen LogP contribution in [-0.4, -0.2) is 53.7 Å². The minimum atomic E-state index is -0.160. The minimum Gasteiger partial charge on any atom is -0.344 e. The molecular formula is C27H30ClN3O3S. The lowest BCUT2D eigenvalue weighted by atomic mass is 9.77. The van der Waals surface area contributed by atoms with Gasteiger partial charge in [-0.05, 0) is 85.1 Å². The first-order valence-electron chi connectivity index (χ1n) is 12.7. The Morgan fingerprint density at radius 2 is 1.74 bits per heavy atom. The summed E-state index contributed by atoms with van der Waals surface area (Å²) < 4.78 is 0. The van der Waals surface area contributed by atoms with Gasteiger partial charge in [-0.1, -0.05) is 17.7 Å². The first-order chi connectivity index (χ1) is 16.9. The Kier molecular flexibility index (Phi) is 5.88. The quantitative estimate of drug-likeness (QED) is 0.647. The third-order valence-electron chi connectivity index (χ3n) is 8.39. The summed E-state index contributed by atoms with van der Waals surface area (Å²) in [6.07, 6.45) is 6.79. The number of aryl methyl sites for hydroxylation is 1. The van der Waals surface area contributed by atoms with Crippen molar-refractivity contribution in [3.05, 3.63) is 56.2 Å². The van der Waals surface area contributed by atoms with Crippen LogP contribution in [0.1, 0.15) is 75.7 Å². The van der Waals surface area contributed by atoms with Gasteiger partial charge >= 0.3 is 0 Å². The van der Waals surface area contributed by atoms with Crippen LogP contribution in [0.3, 0.4) is 0 Å². The summed E-state index contributed by atoms with van der Waals surface area (Å²) in [5, 5.41) is 5.40. The largest absolute Gasteiger partial charge is 0.344 e. The number of carbonyl (C=O) groups excluding carboxylic acids is 3. The van der Waals surface area contributed by atoms with Gasteiger partial charge in [0.15, 0.2) is 0 Å². The molecule has 2 aliphatic heterocycles. The number of nitrogens with one attached hydrogen (secondary N) is 1. The van der Waals surface area contributed by atoms with Gasteiger partial charge in [0.05, 0.1) is 11.1 Å². The lowest BCUT2D eigenvalue weighted by molar-refractivity contribution is -0.134. The van der Waals surface area contributed by atoms with Crippen LogP contribution in [0.25, 0.3) is 0 Å². The highest BCUT2D eigenvalue weighted by atomic mass is 35.5. The SMILES string of the molecule is O=C(NC1CCc2ccc(C(=O)N3CCC4(CCN(C(=O)C5CC5)CC4)C3)cc21)c1sccc1Cl. The molecule has 1 spiro atoms. The average molecular weight is 512 g/mol. The van der Waals surface area contributed by atoms with Crippen molar-refractivity contribution in [2.75, 3.05) is 26.2 Å². The molecule has 3 heterocycles. The van der Waals surface area contributed by atoms with E-state index in [9.17, 15) is 14.4 Å². The highest BCUT2D eigenvalue weighted by Crippen LogP contribution is 2.42. The molecule has 6 rings (SSSR count). The van der Waals surface area contributed by atoms with Gasteiger partial charge in [0.1, 0.15) is 4.88 Å². The standard InChI is InChI=1S/C27H30ClN3O3S/c28-21-7-14-35-23(21)24(32)29-22-6-5-17-1-4-19(15-20(17)22)26(34)31-13-10-27(16-31)8-11-30(12-9-27)25(33)18-2-3-18/h1,4,7,14-15,18,22H,2-3,5-6,8-13,16H2,(H,29,32). The van der Waals surface area contributed by atoms with Crippen LogP contribution in [0.5, 0.6) is 0 Å². The molecule has 3 fully saturated rings. The zero-order chi connectivity index (χ0) is 24.2. The zero-order valence-electron chi connectivity index (χ0n) is 19.7. The number of thiophene rings is 1. The van der Waals surface area contributed by atoms with E-state index in [1.807, 2.05) is 33.4 Å². The van der Waals surface area contributed by atoms with Gasteiger partial charge < -0.3 is 15.1 Å². The molecule has 0 bridgehead atoms. The van der Waals surface area contributed by atoms with Crippen LogP contribution in [0.2, 0.25) is 5.02 Å². The number of halogens is 1. The van der Waals surface area contributed by atoms with Crippen molar-refractivity contribution in [3.63, 3.8) is 0 Å². The van der Waals surface area contributed by atoms with E-state index in [-0.39, 0.29) is 29.2 Å². The van der Waals surface area contributed by atoms with Gasteiger partial charge in [0.2, 0.25) is 5.91 Å². The summed E-state index contributed by atoms with van der Waals surface area (Å²) in [6, 6.07) is 7.58. The summed E-state index contributed by atoms with van der Waals surface area (Å²) >= 11 is 7.48. The van der Waals surface area contributed by atoms with Gasteiger partial charge in [-0.2, -0.15) is 0 Å². The second-order valence-corrected chi connectivity index (χ2v) is 12.0. The van der Waals surface area contributed by atoms with Crippen molar-refractivity contribution in [2.45, 2.75) is 51.0 Å². The number of benzene rings is 1. The first-order valence-corrected chi connectivity index (χ1v) is 13.9. The van der Waals surface area contributed by atoms with Crippen molar-refractivity contribution in [3.8, 4) is 0 Å². The molecule has 1 aromatic carbocycles. The number of nitrogens with zero attached hydrogens (tertiary/aromatic N) is 2. The maximum absolute atomic E-state index is 13.5. The van der Waals surface area contributed by atoms with Crippen LogP contribution in [0.15, 0.2) is 29.6 Å². The summed E-state index contributed by atoms with van der Waals surface area (Å²) in [5.41, 5.74) is 3.06. The van der Waals surface area contributed by atoms with E-state index in [0.717, 1.165) is 76.7 Å². The molecule has 0 radical (unpaired) electrons. The van der Waals surface area contributed by atoms with Crippen LogP contribution >= 0.6 is 22.9 Å². The predicted octanol–water partition coefficient (Wildman–Crippen LogP) is 4.68. The van der Waals surface area contributed by atoms with Crippen LogP contribution in [-0.2, 0) is 11.2 Å². The fraction of sp³-hybridized carbons (Fsp3) is 0.519. The highest BCUT2D eigenvalue weighted by Gasteiger charge is 2.44. The molecule has 2 saturated heterocycles. The zero-order valence-corrected chi connectivity index (χ0v) is 21.3. The van der Waals surface area contributed by atoms with Crippen molar-refractivity contribution >= 4 is 40.7 Å². The summed E-state index contributed by atoms with van der Waals surface area (Å²) in [5.74, 6) is 0.528. The number of hydrogen-bond acceptors (Lipinski definition) is 4. The number of piperidine rings is 1. The van der Waals surface area contributed by atoms with Gasteiger partial charge in [-0.25, -0.2) is 0 Å². The van der Waals surface area contributed by atoms with E-state index >= 15 is 0 Å². The Hall–Kier alpha value is -2.38. The molecule has 8 heteroatoms. The number of likely N-dealkylation sites (tertiary alicyclic amines) is 2. The van der Waals surface area contributed by atoms with Crippen molar-refractivity contribution < 1.29 is 14.4 Å². The number of hydrogen-bond donors (Lipinski definition) is 1. The van der Waals surface area contributed by atoms with Gasteiger partial charge in [-0.3, -0.25) is 14.4 Å². The van der Waals surface area contributed by atoms with E-state index in [4.69, 9.17) is 11.6 Å². The maximum Gasteiger partial charge on any atom is 0.263 e. The van der Waals surface area contributed by atoms with Crippen LogP contribution < -0.4 is 5.32 Å². The van der Waals surface area contributed by atoms with Gasteiger partial charge in [0, 0.05) is 37.7 Å². The van der Waals surface area contributed by atoms with Crippen molar-refractivity contribution in [2.24, 2.45) is 11.3 Å². The fourth-order valence-corrected chi connectivity index (χ4v) is 7.10. The smallest absolute Gasteiger partial charge is 0.263 e. The Morgan fingerprint density at radius 3 is 2.43 bits per heavy atom. The highest BCUT2D eigenvalue weighted by molar-refractivity contribution is 7.12. The second-order valence-electron chi connectivity index (χ2n) is 10.7. The number of rotatable bonds is 4. The average Bonchev–Trinajstić information content (AvgIpc) is 3.32. The Labute approximate surface area is 214 Å². The third-order valence-corrected chi connectivity index (χ3v) is 9.73. The number of amides is 3. The Bertz CT molecular complexity index is 1180. The van der Waals surface area contributed by atoms with Crippen LogP contribution in [0.4, 0.5) is 0 Å². The van der Waals surface area contributed by atoms with E-state index in [1.165, 1.54) is 16.9 Å². The minimum absolute atomic E-state index is 0.0689. The molecule has 1 atom stereocenters. The van der Waals surface area contributed by atoms with Crippen molar-refractivity contribution in [1.82, 2.24) is 15.1 Å². The predicted molar refractivity (Wildman–Crippen MR) is 136 cm³/mol. The van der Waals surface area contributed by atoms with Gasteiger partial charge in [-0.15, -0.1) is 11.3 Å². The van der Waals surface area contributed by atoms with E-state index in [0.29, 0.717) is 21.4 Å². The van der Waals surface area contributed by atoms with Crippen LogP contribution in [0, 0.1) is 11.3 Å². The number of carbonyl (C=O) groups is 3. The molecule has 1 aromatic heterocycles. The van der Waals surface area contributed by atoms with Crippen molar-refractivity contribution in [1.29, 1.82) is 0 Å². The molecule has 1 unspecified atom stereocenters. The van der Waals surface area contributed by atoms with E-state index < -0.39 is 0 Å².